The Hall–Kier alpha value is -1.50. The van der Waals surface area contributed by atoms with Gasteiger partial charge in [-0.25, -0.2) is 9.80 Å². The molecule has 1 aromatic carbocycles. The largest absolute Gasteiger partial charge is 0.489 e. The van der Waals surface area contributed by atoms with Crippen LogP contribution in [0.2, 0.25) is 15.1 Å². The number of rotatable bonds is 7. The summed E-state index contributed by atoms with van der Waals surface area (Å²) in [6, 6.07) is 3.04. The highest BCUT2D eigenvalue weighted by Gasteiger charge is 2.23. The number of ether oxygens (including phenoxy) is 1. The van der Waals surface area contributed by atoms with Gasteiger partial charge in [-0.2, -0.15) is 0 Å². The molecule has 0 radical (unpaired) electrons. The summed E-state index contributed by atoms with van der Waals surface area (Å²) in [7, 11) is 0. The zero-order chi connectivity index (χ0) is 17.7. The van der Waals surface area contributed by atoms with Crippen molar-refractivity contribution in [3.8, 4) is 5.75 Å². The fraction of sp³-hybridized carbons (Fsp3) is 0.400. The van der Waals surface area contributed by atoms with Crippen molar-refractivity contribution < 1.29 is 14.6 Å². The predicted molar refractivity (Wildman–Crippen MR) is 94.5 cm³/mol. The number of hydrogen-bond acceptors (Lipinski definition) is 4. The highest BCUT2D eigenvalue weighted by atomic mass is 35.5. The van der Waals surface area contributed by atoms with E-state index in [1.54, 1.807) is 11.2 Å². The summed E-state index contributed by atoms with van der Waals surface area (Å²) in [4.78, 5) is 13.5. The predicted octanol–water partition coefficient (Wildman–Crippen LogP) is 4.38. The van der Waals surface area contributed by atoms with Crippen LogP contribution < -0.4 is 4.74 Å². The van der Waals surface area contributed by atoms with E-state index in [1.807, 2.05) is 11.1 Å². The molecule has 0 saturated heterocycles. The molecule has 132 valence electrons. The van der Waals surface area contributed by atoms with Gasteiger partial charge in [0.1, 0.15) is 13.3 Å². The normalized spacial score (nSPS) is 13.5. The molecule has 0 aromatic heterocycles. The fourth-order valence-corrected chi connectivity index (χ4v) is 3.20. The average Bonchev–Trinajstić information content (AvgIpc) is 2.93. The Morgan fingerprint density at radius 3 is 2.54 bits per heavy atom. The lowest BCUT2D eigenvalue weighted by Gasteiger charge is -2.30. The van der Waals surface area contributed by atoms with Crippen LogP contribution in [0.3, 0.4) is 0 Å². The van der Waals surface area contributed by atoms with Crippen LogP contribution in [-0.4, -0.2) is 52.5 Å². The smallest absolute Gasteiger partial charge is 0.426 e. The second kappa shape index (κ2) is 8.55. The molecule has 24 heavy (non-hydrogen) atoms. The summed E-state index contributed by atoms with van der Waals surface area (Å²) in [6.07, 6.45) is 3.52. The number of benzene rings is 1. The lowest BCUT2D eigenvalue weighted by Crippen LogP contribution is -2.46. The summed E-state index contributed by atoms with van der Waals surface area (Å²) in [5.41, 5.74) is 0. The van der Waals surface area contributed by atoms with Gasteiger partial charge in [0.2, 0.25) is 0 Å². The third kappa shape index (κ3) is 4.75. The van der Waals surface area contributed by atoms with Crippen molar-refractivity contribution in [1.29, 1.82) is 0 Å². The van der Waals surface area contributed by atoms with Crippen molar-refractivity contribution in [2.24, 2.45) is 0 Å². The van der Waals surface area contributed by atoms with Crippen LogP contribution in [0, 0.1) is 0 Å². The van der Waals surface area contributed by atoms with E-state index in [9.17, 15) is 9.90 Å². The maximum absolute atomic E-state index is 11.5. The first-order valence-electron chi connectivity index (χ1n) is 7.39. The van der Waals surface area contributed by atoms with Crippen LogP contribution in [0.25, 0.3) is 0 Å². The Kier molecular flexibility index (Phi) is 6.71. The van der Waals surface area contributed by atoms with E-state index < -0.39 is 6.09 Å². The average molecular weight is 395 g/mol. The van der Waals surface area contributed by atoms with E-state index in [0.717, 1.165) is 13.0 Å². The molecule has 0 fully saturated rings. The van der Waals surface area contributed by atoms with Gasteiger partial charge in [0.05, 0.1) is 16.6 Å². The van der Waals surface area contributed by atoms with Crippen molar-refractivity contribution in [2.75, 3.05) is 26.4 Å². The third-order valence-corrected chi connectivity index (χ3v) is 4.11. The van der Waals surface area contributed by atoms with E-state index >= 15 is 0 Å². The lowest BCUT2D eigenvalue weighted by atomic mass is 10.3. The second-order valence-corrected chi connectivity index (χ2v) is 6.39. The van der Waals surface area contributed by atoms with Crippen LogP contribution in [0.5, 0.6) is 5.75 Å². The monoisotopic (exact) mass is 393 g/mol. The number of carbonyl (C=O) groups is 1. The molecule has 0 bridgehead atoms. The van der Waals surface area contributed by atoms with Gasteiger partial charge in [0.15, 0.2) is 5.75 Å². The quantitative estimate of drug-likeness (QED) is 0.744. The Morgan fingerprint density at radius 2 is 1.96 bits per heavy atom. The molecule has 0 spiro atoms. The second-order valence-electron chi connectivity index (χ2n) is 5.14. The van der Waals surface area contributed by atoms with Gasteiger partial charge in [0.25, 0.3) is 0 Å². The fourth-order valence-electron chi connectivity index (χ4n) is 2.28. The molecule has 1 amide bonds. The van der Waals surface area contributed by atoms with Crippen molar-refractivity contribution in [3.05, 3.63) is 39.6 Å². The van der Waals surface area contributed by atoms with Crippen LogP contribution in [0.1, 0.15) is 13.3 Å². The number of amides is 1. The van der Waals surface area contributed by atoms with Crippen molar-refractivity contribution in [1.82, 2.24) is 14.9 Å². The SMILES string of the molecule is CCCN1C=CN(N(CCOc2c(Cl)cc(Cl)cc2Cl)C(=O)O)C1. The first kappa shape index (κ1) is 18.8. The number of hydrogen-bond donors (Lipinski definition) is 1. The number of carboxylic acid groups (broad SMARTS) is 1. The summed E-state index contributed by atoms with van der Waals surface area (Å²) < 4.78 is 5.55. The molecule has 1 N–H and O–H groups in total. The molecule has 2 rings (SSSR count). The van der Waals surface area contributed by atoms with Gasteiger partial charge in [-0.1, -0.05) is 41.7 Å². The molecule has 0 saturated carbocycles. The van der Waals surface area contributed by atoms with Gasteiger partial charge in [-0.05, 0) is 18.6 Å². The summed E-state index contributed by atoms with van der Waals surface area (Å²) in [5.74, 6) is 0.289. The van der Waals surface area contributed by atoms with E-state index in [4.69, 9.17) is 39.5 Å². The van der Waals surface area contributed by atoms with Gasteiger partial charge >= 0.3 is 6.09 Å². The van der Waals surface area contributed by atoms with E-state index in [2.05, 4.69) is 6.92 Å². The Balaban J connectivity index is 1.94. The number of halogens is 3. The molecule has 1 heterocycles. The molecule has 1 aliphatic rings. The van der Waals surface area contributed by atoms with Gasteiger partial charge in [-0.15, -0.1) is 0 Å². The molecule has 1 aromatic rings. The Labute approximate surface area is 155 Å². The van der Waals surface area contributed by atoms with Gasteiger partial charge in [-0.3, -0.25) is 5.01 Å². The molecule has 6 nitrogen and oxygen atoms in total. The molecule has 1 aliphatic heterocycles. The zero-order valence-electron chi connectivity index (χ0n) is 13.1. The maximum Gasteiger partial charge on any atom is 0.426 e. The summed E-state index contributed by atoms with van der Waals surface area (Å²) >= 11 is 17.9. The van der Waals surface area contributed by atoms with Gasteiger partial charge < -0.3 is 14.7 Å². The Morgan fingerprint density at radius 1 is 1.29 bits per heavy atom. The van der Waals surface area contributed by atoms with Crippen molar-refractivity contribution >= 4 is 40.9 Å². The third-order valence-electron chi connectivity index (χ3n) is 3.33. The van der Waals surface area contributed by atoms with Crippen molar-refractivity contribution in [3.63, 3.8) is 0 Å². The van der Waals surface area contributed by atoms with Crippen LogP contribution in [0.4, 0.5) is 4.79 Å². The molecule has 0 unspecified atom stereocenters. The number of hydrazine groups is 1. The highest BCUT2D eigenvalue weighted by Crippen LogP contribution is 2.35. The highest BCUT2D eigenvalue weighted by molar-refractivity contribution is 6.40. The summed E-state index contributed by atoms with van der Waals surface area (Å²) in [5, 5.41) is 13.2. The lowest BCUT2D eigenvalue weighted by molar-refractivity contribution is 0.00767. The standard InChI is InChI=1S/C15H18Cl3N3O3/c1-2-3-19-4-5-20(10-19)21(15(22)23)6-7-24-14-12(17)8-11(16)9-13(14)18/h4-5,8-9H,2-3,6-7,10H2,1H3,(H,22,23). The van der Waals surface area contributed by atoms with E-state index in [0.29, 0.717) is 11.7 Å². The van der Waals surface area contributed by atoms with Crippen LogP contribution in [-0.2, 0) is 0 Å². The molecule has 9 heteroatoms. The minimum absolute atomic E-state index is 0.103. The first-order chi connectivity index (χ1) is 11.4. The molecular weight excluding hydrogens is 377 g/mol. The van der Waals surface area contributed by atoms with Gasteiger partial charge in [0, 0.05) is 24.0 Å². The van der Waals surface area contributed by atoms with E-state index in [1.165, 1.54) is 17.1 Å². The number of nitrogens with zero attached hydrogens (tertiary/aromatic N) is 3. The maximum atomic E-state index is 11.5. The molecule has 0 atom stereocenters. The van der Waals surface area contributed by atoms with Crippen molar-refractivity contribution in [2.45, 2.75) is 13.3 Å². The summed E-state index contributed by atoms with van der Waals surface area (Å²) in [6.45, 7) is 3.66. The topological polar surface area (TPSA) is 56.2 Å². The zero-order valence-corrected chi connectivity index (χ0v) is 15.4. The van der Waals surface area contributed by atoms with E-state index in [-0.39, 0.29) is 28.9 Å². The van der Waals surface area contributed by atoms with Crippen LogP contribution in [0.15, 0.2) is 24.5 Å². The Bertz CT molecular complexity index is 604. The minimum atomic E-state index is -1.06. The molecular formula is C15H18Cl3N3O3. The van der Waals surface area contributed by atoms with Crippen LogP contribution >= 0.6 is 34.8 Å². The minimum Gasteiger partial charge on any atom is -0.489 e. The molecule has 0 aliphatic carbocycles. The first-order valence-corrected chi connectivity index (χ1v) is 8.52.